The first kappa shape index (κ1) is 21.2. The Morgan fingerprint density at radius 3 is 2.41 bits per heavy atom. The van der Waals surface area contributed by atoms with Gasteiger partial charge in [-0.3, -0.25) is 9.59 Å². The molecule has 1 aliphatic rings. The number of anilines is 1. The van der Waals surface area contributed by atoms with E-state index in [4.69, 9.17) is 4.84 Å². The van der Waals surface area contributed by atoms with Crippen LogP contribution in [0, 0.1) is 19.3 Å². The number of piperidine rings is 1. The molecule has 0 aromatic heterocycles. The van der Waals surface area contributed by atoms with E-state index in [1.807, 2.05) is 55.3 Å². The fourth-order valence-corrected chi connectivity index (χ4v) is 4.01. The van der Waals surface area contributed by atoms with Gasteiger partial charge in [-0.25, -0.2) is 0 Å². The lowest BCUT2D eigenvalue weighted by molar-refractivity contribution is -0.166. The van der Waals surface area contributed by atoms with Gasteiger partial charge in [-0.2, -0.15) is 5.06 Å². The van der Waals surface area contributed by atoms with E-state index in [1.54, 1.807) is 7.11 Å². The summed E-state index contributed by atoms with van der Waals surface area (Å²) >= 11 is 0. The number of hydroxylamine groups is 2. The highest BCUT2D eigenvalue weighted by atomic mass is 16.7. The number of benzene rings is 2. The largest absolute Gasteiger partial charge is 0.326 e. The topological polar surface area (TPSA) is 58.6 Å². The molecule has 5 heteroatoms. The molecule has 1 amide bonds. The van der Waals surface area contributed by atoms with Crippen LogP contribution in [-0.4, -0.2) is 37.0 Å². The number of ketones is 1. The van der Waals surface area contributed by atoms with Crippen LogP contribution < -0.4 is 5.32 Å². The Labute approximate surface area is 173 Å². The first-order valence-electron chi connectivity index (χ1n) is 10.2. The molecular weight excluding hydrogens is 364 g/mol. The molecule has 3 rings (SSSR count). The number of hydrogen-bond donors (Lipinski definition) is 1. The van der Waals surface area contributed by atoms with E-state index >= 15 is 0 Å². The van der Waals surface area contributed by atoms with Gasteiger partial charge >= 0.3 is 0 Å². The van der Waals surface area contributed by atoms with E-state index in [2.05, 4.69) is 17.4 Å². The molecule has 0 atom stereocenters. The predicted molar refractivity (Wildman–Crippen MR) is 115 cm³/mol. The summed E-state index contributed by atoms with van der Waals surface area (Å²) in [4.78, 5) is 31.6. The summed E-state index contributed by atoms with van der Waals surface area (Å²) in [5.41, 5.74) is 3.35. The average molecular weight is 395 g/mol. The molecule has 0 radical (unpaired) electrons. The molecule has 0 saturated carbocycles. The number of para-hydroxylation sites is 1. The van der Waals surface area contributed by atoms with Crippen LogP contribution in [0.3, 0.4) is 0 Å². The third kappa shape index (κ3) is 5.31. The van der Waals surface area contributed by atoms with Gasteiger partial charge < -0.3 is 10.2 Å². The Balaban J connectivity index is 1.77. The lowest BCUT2D eigenvalue weighted by Crippen LogP contribution is -2.47. The van der Waals surface area contributed by atoms with E-state index in [9.17, 15) is 9.59 Å². The van der Waals surface area contributed by atoms with Crippen LogP contribution in [0.4, 0.5) is 5.69 Å². The van der Waals surface area contributed by atoms with Crippen LogP contribution in [0.2, 0.25) is 0 Å². The number of amides is 1. The lowest BCUT2D eigenvalue weighted by Gasteiger charge is -2.39. The molecule has 0 bridgehead atoms. The number of carbonyl (C=O) groups excluding carboxylic acids is 2. The van der Waals surface area contributed by atoms with Crippen molar-refractivity contribution >= 4 is 17.4 Å². The zero-order valence-corrected chi connectivity index (χ0v) is 17.5. The van der Waals surface area contributed by atoms with Crippen molar-refractivity contribution in [1.82, 2.24) is 5.06 Å². The summed E-state index contributed by atoms with van der Waals surface area (Å²) < 4.78 is 0. The van der Waals surface area contributed by atoms with Crippen LogP contribution in [0.15, 0.2) is 48.5 Å². The van der Waals surface area contributed by atoms with Crippen molar-refractivity contribution in [1.29, 1.82) is 0 Å². The minimum Gasteiger partial charge on any atom is -0.326 e. The minimum atomic E-state index is -0.709. The molecule has 0 unspecified atom stereocenters. The van der Waals surface area contributed by atoms with Crippen LogP contribution in [0.5, 0.6) is 0 Å². The third-order valence-electron chi connectivity index (χ3n) is 5.88. The minimum absolute atomic E-state index is 0.0752. The summed E-state index contributed by atoms with van der Waals surface area (Å²) in [6, 6.07) is 15.6. The molecule has 1 aliphatic heterocycles. The van der Waals surface area contributed by atoms with Crippen molar-refractivity contribution in [3.05, 3.63) is 65.2 Å². The zero-order chi connectivity index (χ0) is 20.9. The zero-order valence-electron chi connectivity index (χ0n) is 17.5. The van der Waals surface area contributed by atoms with Gasteiger partial charge in [0.15, 0.2) is 0 Å². The molecule has 29 heavy (non-hydrogen) atoms. The van der Waals surface area contributed by atoms with Gasteiger partial charge in [0, 0.05) is 31.6 Å². The monoisotopic (exact) mass is 394 g/mol. The lowest BCUT2D eigenvalue weighted by atomic mass is 9.73. The highest BCUT2D eigenvalue weighted by Gasteiger charge is 2.43. The average Bonchev–Trinajstić information content (AvgIpc) is 2.72. The summed E-state index contributed by atoms with van der Waals surface area (Å²) in [7, 11) is 1.64. The van der Waals surface area contributed by atoms with E-state index in [1.165, 1.54) is 0 Å². The molecular formula is C24H30N2O3. The quantitative estimate of drug-likeness (QED) is 0.769. The van der Waals surface area contributed by atoms with Crippen molar-refractivity contribution < 1.29 is 14.4 Å². The standard InChI is InChI=1S/C24H30N2O3/c1-18-9-10-19(2)20(15-18)16-22(27)17-24(11-13-26(29-3)14-12-24)23(28)25-21-7-5-4-6-8-21/h4-10,15H,11-14,16-17H2,1-3H3,(H,25,28). The molecule has 154 valence electrons. The Morgan fingerprint density at radius 2 is 1.76 bits per heavy atom. The number of nitrogens with zero attached hydrogens (tertiary/aromatic N) is 1. The van der Waals surface area contributed by atoms with Crippen molar-refractivity contribution in [3.8, 4) is 0 Å². The second-order valence-electron chi connectivity index (χ2n) is 8.03. The van der Waals surface area contributed by atoms with Gasteiger partial charge in [-0.15, -0.1) is 0 Å². The number of aryl methyl sites for hydroxylation is 2. The summed E-state index contributed by atoms with van der Waals surface area (Å²) in [5, 5.41) is 4.87. The molecule has 0 spiro atoms. The second kappa shape index (κ2) is 9.33. The molecule has 2 aromatic rings. The first-order valence-corrected chi connectivity index (χ1v) is 10.2. The van der Waals surface area contributed by atoms with Gasteiger partial charge in [0.25, 0.3) is 0 Å². The maximum atomic E-state index is 13.3. The van der Waals surface area contributed by atoms with Crippen LogP contribution in [-0.2, 0) is 20.8 Å². The smallest absolute Gasteiger partial charge is 0.231 e. The number of nitrogens with one attached hydrogen (secondary N) is 1. The normalized spacial score (nSPS) is 16.4. The molecule has 1 saturated heterocycles. The molecule has 1 N–H and O–H groups in total. The fourth-order valence-electron chi connectivity index (χ4n) is 4.01. The van der Waals surface area contributed by atoms with Crippen molar-refractivity contribution in [3.63, 3.8) is 0 Å². The van der Waals surface area contributed by atoms with Gasteiger partial charge in [0.05, 0.1) is 12.5 Å². The Morgan fingerprint density at radius 1 is 1.07 bits per heavy atom. The number of carbonyl (C=O) groups is 2. The third-order valence-corrected chi connectivity index (χ3v) is 5.88. The Bertz CT molecular complexity index is 856. The number of hydrogen-bond acceptors (Lipinski definition) is 4. The molecule has 2 aromatic carbocycles. The maximum absolute atomic E-state index is 13.3. The van der Waals surface area contributed by atoms with E-state index in [-0.39, 0.29) is 18.1 Å². The van der Waals surface area contributed by atoms with Gasteiger partial charge in [0.2, 0.25) is 5.91 Å². The molecule has 5 nitrogen and oxygen atoms in total. The maximum Gasteiger partial charge on any atom is 0.231 e. The van der Waals surface area contributed by atoms with E-state index < -0.39 is 5.41 Å². The van der Waals surface area contributed by atoms with Crippen LogP contribution in [0.1, 0.15) is 36.0 Å². The van der Waals surface area contributed by atoms with Crippen LogP contribution in [0.25, 0.3) is 0 Å². The molecule has 1 fully saturated rings. The number of rotatable bonds is 7. The Hall–Kier alpha value is -2.50. The van der Waals surface area contributed by atoms with Gasteiger partial charge in [-0.1, -0.05) is 42.0 Å². The summed E-state index contributed by atoms with van der Waals surface area (Å²) in [6.45, 7) is 5.32. The first-order chi connectivity index (χ1) is 13.9. The predicted octanol–water partition coefficient (Wildman–Crippen LogP) is 4.09. The van der Waals surface area contributed by atoms with Crippen molar-refractivity contribution in [2.24, 2.45) is 5.41 Å². The highest BCUT2D eigenvalue weighted by molar-refractivity contribution is 5.98. The summed E-state index contributed by atoms with van der Waals surface area (Å²) in [5.74, 6) is 0.0292. The molecule has 1 heterocycles. The highest BCUT2D eigenvalue weighted by Crippen LogP contribution is 2.37. The second-order valence-corrected chi connectivity index (χ2v) is 8.03. The van der Waals surface area contributed by atoms with Crippen LogP contribution >= 0.6 is 0 Å². The SMILES string of the molecule is CON1CCC(CC(=O)Cc2cc(C)ccc2C)(C(=O)Nc2ccccc2)CC1. The van der Waals surface area contributed by atoms with E-state index in [0.29, 0.717) is 32.4 Å². The van der Waals surface area contributed by atoms with Crippen molar-refractivity contribution in [2.45, 2.75) is 39.5 Å². The molecule has 0 aliphatic carbocycles. The van der Waals surface area contributed by atoms with E-state index in [0.717, 1.165) is 22.4 Å². The number of Topliss-reactive ketones (excluding diaryl/α,β-unsaturated/α-hetero) is 1. The van der Waals surface area contributed by atoms with Gasteiger partial charge in [-0.05, 0) is 49.9 Å². The van der Waals surface area contributed by atoms with Crippen molar-refractivity contribution in [2.75, 3.05) is 25.5 Å². The fraction of sp³-hybridized carbons (Fsp3) is 0.417. The van der Waals surface area contributed by atoms with Gasteiger partial charge in [0.1, 0.15) is 5.78 Å². The Kier molecular flexibility index (Phi) is 6.83. The summed E-state index contributed by atoms with van der Waals surface area (Å²) in [6.07, 6.45) is 1.80.